The molecule has 13 nitrogen and oxygen atoms in total. The molecule has 13 heteroatoms. The average molecular weight is 589 g/mol. The van der Waals surface area contributed by atoms with Crippen molar-refractivity contribution in [1.29, 1.82) is 0 Å². The molecule has 3 saturated heterocycles. The van der Waals surface area contributed by atoms with Crippen LogP contribution in [0.1, 0.15) is 41.2 Å². The van der Waals surface area contributed by atoms with E-state index in [1.165, 1.54) is 7.11 Å². The number of fused-ring (bicyclic) bond motifs is 4. The molecule has 6 unspecified atom stereocenters. The Bertz CT molecular complexity index is 1350. The predicted molar refractivity (Wildman–Crippen MR) is 138 cm³/mol. The molecular weight excluding hydrogens is 556 g/mol. The number of aliphatic hydroxyl groups is 3. The Morgan fingerprint density at radius 3 is 2.48 bits per heavy atom. The number of rotatable bonds is 5. The van der Waals surface area contributed by atoms with Crippen molar-refractivity contribution in [2.75, 3.05) is 27.1 Å². The van der Waals surface area contributed by atoms with Crippen LogP contribution in [0.2, 0.25) is 0 Å². The Balaban J connectivity index is 1.32. The maximum absolute atomic E-state index is 13.4. The highest BCUT2D eigenvalue weighted by Gasteiger charge is 2.56. The van der Waals surface area contributed by atoms with E-state index in [2.05, 4.69) is 0 Å². The average Bonchev–Trinajstić information content (AvgIpc) is 3.61. The standard InChI is InChI=1S/C29H32O13/c1-11-36-9-20-27(40-11)24(32)25(33)29(41-20)42-26-15-6-18-17(38-10-39-18)5-14(15)21(22-16(26)8-37-28(22)34)12-3-13(7-30)23(31)19(4-12)35-2/h3-6,11,16,20-22,24-27,29-33H,7-10H2,1-2H3/t11?,16-,20?,21+,22-,24?,25?,26+,27?,29?/m0/s1. The van der Waals surface area contributed by atoms with Crippen molar-refractivity contribution in [3.63, 3.8) is 0 Å². The molecule has 4 aliphatic heterocycles. The molecular formula is C29H32O13. The summed E-state index contributed by atoms with van der Waals surface area (Å²) in [7, 11) is 1.40. The third-order valence-corrected chi connectivity index (χ3v) is 8.81. The minimum atomic E-state index is -1.45. The van der Waals surface area contributed by atoms with Gasteiger partial charge in [-0.15, -0.1) is 0 Å². The fourth-order valence-corrected chi connectivity index (χ4v) is 6.79. The molecule has 42 heavy (non-hydrogen) atoms. The number of cyclic esters (lactones) is 1. The van der Waals surface area contributed by atoms with Crippen LogP contribution in [-0.4, -0.2) is 90.5 Å². The summed E-state index contributed by atoms with van der Waals surface area (Å²) in [4.78, 5) is 13.4. The number of benzene rings is 2. The summed E-state index contributed by atoms with van der Waals surface area (Å²) in [5.41, 5.74) is 2.17. The number of aliphatic hydroxyl groups excluding tert-OH is 3. The molecule has 4 N–H and O–H groups in total. The molecule has 1 aliphatic carbocycles. The first-order chi connectivity index (χ1) is 20.3. The van der Waals surface area contributed by atoms with Gasteiger partial charge >= 0.3 is 5.97 Å². The Labute approximate surface area is 240 Å². The van der Waals surface area contributed by atoms with Crippen molar-refractivity contribution >= 4 is 5.97 Å². The lowest BCUT2D eigenvalue weighted by Gasteiger charge is -2.47. The molecule has 4 heterocycles. The van der Waals surface area contributed by atoms with Crippen LogP contribution in [0.15, 0.2) is 24.3 Å². The Kier molecular flexibility index (Phi) is 6.93. The molecule has 0 radical (unpaired) electrons. The number of hydrogen-bond donors (Lipinski definition) is 4. The first-order valence-corrected chi connectivity index (χ1v) is 13.8. The van der Waals surface area contributed by atoms with Gasteiger partial charge in [-0.2, -0.15) is 0 Å². The number of carbonyl (C=O) groups is 1. The van der Waals surface area contributed by atoms with E-state index >= 15 is 0 Å². The number of aromatic hydroxyl groups is 1. The second-order valence-corrected chi connectivity index (χ2v) is 11.1. The maximum Gasteiger partial charge on any atom is 0.310 e. The van der Waals surface area contributed by atoms with E-state index < -0.39 is 73.4 Å². The van der Waals surface area contributed by atoms with Gasteiger partial charge in [0.05, 0.1) is 39.0 Å². The summed E-state index contributed by atoms with van der Waals surface area (Å²) in [6.07, 6.45) is -6.87. The second-order valence-electron chi connectivity index (χ2n) is 11.1. The number of carbonyl (C=O) groups excluding carboxylic acids is 1. The van der Waals surface area contributed by atoms with E-state index in [0.717, 1.165) is 0 Å². The first-order valence-electron chi connectivity index (χ1n) is 13.8. The van der Waals surface area contributed by atoms with Crippen LogP contribution < -0.4 is 14.2 Å². The molecule has 0 bridgehead atoms. The summed E-state index contributed by atoms with van der Waals surface area (Å²) in [5.74, 6) is -1.40. The van der Waals surface area contributed by atoms with Crippen molar-refractivity contribution in [2.24, 2.45) is 11.8 Å². The van der Waals surface area contributed by atoms with E-state index in [-0.39, 0.29) is 37.1 Å². The lowest BCUT2D eigenvalue weighted by atomic mass is 9.66. The molecule has 0 aromatic heterocycles. The molecule has 10 atom stereocenters. The lowest BCUT2D eigenvalue weighted by Crippen LogP contribution is -2.63. The molecule has 0 saturated carbocycles. The van der Waals surface area contributed by atoms with Gasteiger partial charge in [0.2, 0.25) is 6.79 Å². The van der Waals surface area contributed by atoms with Crippen molar-refractivity contribution < 1.29 is 63.1 Å². The minimum Gasteiger partial charge on any atom is -0.504 e. The normalized spacial score (nSPS) is 36.5. The largest absolute Gasteiger partial charge is 0.504 e. The van der Waals surface area contributed by atoms with Gasteiger partial charge < -0.3 is 58.3 Å². The molecule has 0 amide bonds. The second kappa shape index (κ2) is 10.5. The van der Waals surface area contributed by atoms with E-state index in [4.69, 9.17) is 37.9 Å². The Hall–Kier alpha value is -3.17. The van der Waals surface area contributed by atoms with Crippen molar-refractivity contribution in [1.82, 2.24) is 0 Å². The van der Waals surface area contributed by atoms with Gasteiger partial charge in [0, 0.05) is 17.4 Å². The quantitative estimate of drug-likeness (QED) is 0.362. The molecule has 2 aromatic carbocycles. The van der Waals surface area contributed by atoms with Gasteiger partial charge in [0.25, 0.3) is 0 Å². The van der Waals surface area contributed by atoms with Gasteiger partial charge in [-0.3, -0.25) is 4.79 Å². The lowest BCUT2D eigenvalue weighted by molar-refractivity contribution is -0.364. The van der Waals surface area contributed by atoms with Gasteiger partial charge in [0.15, 0.2) is 35.6 Å². The zero-order valence-corrected chi connectivity index (χ0v) is 22.9. The van der Waals surface area contributed by atoms with Crippen LogP contribution >= 0.6 is 0 Å². The summed E-state index contributed by atoms with van der Waals surface area (Å²) in [6, 6.07) is 6.83. The van der Waals surface area contributed by atoms with Gasteiger partial charge in [-0.1, -0.05) is 0 Å². The van der Waals surface area contributed by atoms with Crippen molar-refractivity contribution in [3.8, 4) is 23.0 Å². The third kappa shape index (κ3) is 4.30. The number of hydrogen-bond acceptors (Lipinski definition) is 13. The predicted octanol–water partition coefficient (Wildman–Crippen LogP) is 0.822. The van der Waals surface area contributed by atoms with E-state index in [9.17, 15) is 25.2 Å². The molecule has 226 valence electrons. The maximum atomic E-state index is 13.4. The summed E-state index contributed by atoms with van der Waals surface area (Å²) >= 11 is 0. The number of ether oxygens (including phenoxy) is 8. The number of phenols is 1. The van der Waals surface area contributed by atoms with Gasteiger partial charge in [0.1, 0.15) is 24.4 Å². The molecule has 7 rings (SSSR count). The highest BCUT2D eigenvalue weighted by molar-refractivity contribution is 5.79. The monoisotopic (exact) mass is 588 g/mol. The summed E-state index contributed by atoms with van der Waals surface area (Å²) in [6.45, 7) is 1.43. The van der Waals surface area contributed by atoms with Gasteiger partial charge in [-0.05, 0) is 47.9 Å². The fourth-order valence-electron chi connectivity index (χ4n) is 6.79. The molecule has 3 fully saturated rings. The zero-order valence-electron chi connectivity index (χ0n) is 22.9. The highest BCUT2D eigenvalue weighted by atomic mass is 16.8. The molecule has 2 aromatic rings. The van der Waals surface area contributed by atoms with Crippen LogP contribution in [0.3, 0.4) is 0 Å². The van der Waals surface area contributed by atoms with Crippen LogP contribution in [0, 0.1) is 11.8 Å². The van der Waals surface area contributed by atoms with E-state index in [1.54, 1.807) is 31.2 Å². The SMILES string of the molecule is COc1cc([C@@H]2c3cc4c(cc3[C@@H](OC3OC5COC(C)OC5C(O)C3O)[C@H]3COC(=O)[C@H]23)OCO4)cc(CO)c1O. The van der Waals surface area contributed by atoms with Gasteiger partial charge in [-0.25, -0.2) is 0 Å². The molecule has 0 spiro atoms. The van der Waals surface area contributed by atoms with E-state index in [0.29, 0.717) is 28.2 Å². The number of methoxy groups -OCH3 is 1. The first kappa shape index (κ1) is 27.7. The zero-order chi connectivity index (χ0) is 29.3. The summed E-state index contributed by atoms with van der Waals surface area (Å²) in [5, 5.41) is 42.4. The summed E-state index contributed by atoms with van der Waals surface area (Å²) < 4.78 is 46.0. The third-order valence-electron chi connectivity index (χ3n) is 8.81. The van der Waals surface area contributed by atoms with Crippen LogP contribution in [0.4, 0.5) is 0 Å². The Morgan fingerprint density at radius 1 is 0.976 bits per heavy atom. The fraction of sp³-hybridized carbons (Fsp3) is 0.552. The molecule has 5 aliphatic rings. The van der Waals surface area contributed by atoms with Crippen molar-refractivity contribution in [3.05, 3.63) is 46.5 Å². The minimum absolute atomic E-state index is 0.0170. The number of esters is 1. The van der Waals surface area contributed by atoms with Crippen LogP contribution in [0.5, 0.6) is 23.0 Å². The van der Waals surface area contributed by atoms with Crippen molar-refractivity contribution in [2.45, 2.75) is 62.5 Å². The Morgan fingerprint density at radius 2 is 1.74 bits per heavy atom. The highest BCUT2D eigenvalue weighted by Crippen LogP contribution is 2.56. The van der Waals surface area contributed by atoms with Crippen LogP contribution in [0.25, 0.3) is 0 Å². The van der Waals surface area contributed by atoms with E-state index in [1.807, 2.05) is 0 Å². The smallest absolute Gasteiger partial charge is 0.310 e. The van der Waals surface area contributed by atoms with Crippen LogP contribution in [-0.2, 0) is 35.1 Å². The topological polar surface area (TPSA) is 172 Å².